The maximum absolute atomic E-state index is 12.1. The van der Waals surface area contributed by atoms with E-state index in [1.807, 2.05) is 24.3 Å². The fourth-order valence-corrected chi connectivity index (χ4v) is 1.97. The van der Waals surface area contributed by atoms with Gasteiger partial charge in [0.1, 0.15) is 0 Å². The lowest BCUT2D eigenvalue weighted by atomic mass is 10.0. The van der Waals surface area contributed by atoms with Gasteiger partial charge in [-0.1, -0.05) is 38.1 Å². The maximum atomic E-state index is 12.1. The van der Waals surface area contributed by atoms with Crippen LogP contribution in [0.1, 0.15) is 43.9 Å². The Labute approximate surface area is 124 Å². The smallest absolute Gasteiger partial charge is 0.379 e. The van der Waals surface area contributed by atoms with Gasteiger partial charge in [0.2, 0.25) is 0 Å². The van der Waals surface area contributed by atoms with Crippen molar-refractivity contribution >= 4 is 0 Å². The number of halogens is 3. The van der Waals surface area contributed by atoms with Crippen molar-refractivity contribution in [2.45, 2.75) is 45.3 Å². The van der Waals surface area contributed by atoms with E-state index in [0.29, 0.717) is 0 Å². The Bertz CT molecular complexity index is 390. The van der Waals surface area contributed by atoms with Gasteiger partial charge in [-0.05, 0) is 30.5 Å². The second-order valence-electron chi connectivity index (χ2n) is 5.04. The van der Waals surface area contributed by atoms with Crippen molar-refractivity contribution in [3.63, 3.8) is 0 Å². The summed E-state index contributed by atoms with van der Waals surface area (Å²) >= 11 is 0. The van der Waals surface area contributed by atoms with Crippen LogP contribution in [-0.4, -0.2) is 25.9 Å². The lowest BCUT2D eigenvalue weighted by Gasteiger charge is -2.19. The Morgan fingerprint density at radius 2 is 1.81 bits per heavy atom. The second kappa shape index (κ2) is 9.05. The summed E-state index contributed by atoms with van der Waals surface area (Å²) in [5.41, 5.74) is 2.29. The first-order valence-corrected chi connectivity index (χ1v) is 7.43. The standard InChI is InChI=1S/C16H24F3NO/c1-3-10-20-15(12-21-11-9-16(17,18)19)14-7-5-13(4-2)6-8-14/h5-8,15,20H,3-4,9-12H2,1-2H3. The van der Waals surface area contributed by atoms with Gasteiger partial charge in [-0.25, -0.2) is 0 Å². The maximum Gasteiger partial charge on any atom is 0.391 e. The number of benzene rings is 1. The molecule has 0 aliphatic rings. The number of alkyl halides is 3. The molecule has 0 aliphatic carbocycles. The molecule has 1 unspecified atom stereocenters. The SMILES string of the molecule is CCCNC(COCCC(F)(F)F)c1ccc(CC)cc1. The fourth-order valence-electron chi connectivity index (χ4n) is 1.97. The van der Waals surface area contributed by atoms with Crippen LogP contribution in [-0.2, 0) is 11.2 Å². The number of hydrogen-bond acceptors (Lipinski definition) is 2. The van der Waals surface area contributed by atoms with Crippen molar-refractivity contribution in [2.24, 2.45) is 0 Å². The molecule has 1 N–H and O–H groups in total. The summed E-state index contributed by atoms with van der Waals surface area (Å²) < 4.78 is 41.5. The van der Waals surface area contributed by atoms with Crippen molar-refractivity contribution in [3.8, 4) is 0 Å². The molecule has 2 nitrogen and oxygen atoms in total. The third-order valence-electron chi connectivity index (χ3n) is 3.25. The number of hydrogen-bond donors (Lipinski definition) is 1. The molecule has 21 heavy (non-hydrogen) atoms. The van der Waals surface area contributed by atoms with Crippen LogP contribution in [0.5, 0.6) is 0 Å². The average molecular weight is 303 g/mol. The Morgan fingerprint density at radius 3 is 2.33 bits per heavy atom. The van der Waals surface area contributed by atoms with Crippen LogP contribution in [0.3, 0.4) is 0 Å². The number of nitrogens with one attached hydrogen (secondary N) is 1. The third-order valence-corrected chi connectivity index (χ3v) is 3.25. The predicted octanol–water partition coefficient (Wildman–Crippen LogP) is 4.26. The summed E-state index contributed by atoms with van der Waals surface area (Å²) in [6.07, 6.45) is -3.13. The molecule has 5 heteroatoms. The molecular formula is C16H24F3NO. The van der Waals surface area contributed by atoms with Crippen LogP contribution in [0.4, 0.5) is 13.2 Å². The molecule has 120 valence electrons. The minimum atomic E-state index is -4.16. The Kier molecular flexibility index (Phi) is 7.75. The summed E-state index contributed by atoms with van der Waals surface area (Å²) in [5, 5.41) is 3.31. The van der Waals surface area contributed by atoms with Gasteiger partial charge < -0.3 is 10.1 Å². The van der Waals surface area contributed by atoms with Crippen molar-refractivity contribution in [1.82, 2.24) is 5.32 Å². The first kappa shape index (κ1) is 18.0. The Morgan fingerprint density at radius 1 is 1.14 bits per heavy atom. The van der Waals surface area contributed by atoms with Gasteiger partial charge in [-0.3, -0.25) is 0 Å². The summed E-state index contributed by atoms with van der Waals surface area (Å²) in [6.45, 7) is 4.90. The van der Waals surface area contributed by atoms with Gasteiger partial charge in [0.25, 0.3) is 0 Å². The molecule has 0 fully saturated rings. The molecule has 1 atom stereocenters. The van der Waals surface area contributed by atoms with Crippen LogP contribution >= 0.6 is 0 Å². The lowest BCUT2D eigenvalue weighted by Crippen LogP contribution is -2.27. The highest BCUT2D eigenvalue weighted by Crippen LogP contribution is 2.20. The summed E-state index contributed by atoms with van der Waals surface area (Å²) in [4.78, 5) is 0. The zero-order chi connectivity index (χ0) is 15.7. The molecule has 0 heterocycles. The van der Waals surface area contributed by atoms with E-state index in [2.05, 4.69) is 19.2 Å². The molecule has 0 saturated carbocycles. The summed E-state index contributed by atoms with van der Waals surface area (Å²) in [7, 11) is 0. The van der Waals surface area contributed by atoms with Crippen LogP contribution in [0.25, 0.3) is 0 Å². The monoisotopic (exact) mass is 303 g/mol. The van der Waals surface area contributed by atoms with Crippen molar-refractivity contribution in [2.75, 3.05) is 19.8 Å². The molecule has 1 aromatic carbocycles. The molecule has 0 aliphatic heterocycles. The van der Waals surface area contributed by atoms with Crippen LogP contribution in [0, 0.1) is 0 Å². The van der Waals surface area contributed by atoms with E-state index in [1.54, 1.807) is 0 Å². The van der Waals surface area contributed by atoms with Crippen molar-refractivity contribution in [3.05, 3.63) is 35.4 Å². The first-order valence-electron chi connectivity index (χ1n) is 7.43. The number of ether oxygens (including phenoxy) is 1. The van der Waals surface area contributed by atoms with E-state index in [4.69, 9.17) is 4.74 Å². The van der Waals surface area contributed by atoms with Crippen molar-refractivity contribution < 1.29 is 17.9 Å². The minimum absolute atomic E-state index is 0.0657. The normalized spacial score (nSPS) is 13.4. The molecule has 0 aromatic heterocycles. The van der Waals surface area contributed by atoms with E-state index in [1.165, 1.54) is 5.56 Å². The van der Waals surface area contributed by atoms with E-state index in [-0.39, 0.29) is 19.3 Å². The largest absolute Gasteiger partial charge is 0.391 e. The van der Waals surface area contributed by atoms with Crippen LogP contribution < -0.4 is 5.32 Å². The predicted molar refractivity (Wildman–Crippen MR) is 78.3 cm³/mol. The van der Waals surface area contributed by atoms with Crippen LogP contribution in [0.2, 0.25) is 0 Å². The van der Waals surface area contributed by atoms with Gasteiger partial charge in [0, 0.05) is 0 Å². The number of aryl methyl sites for hydroxylation is 1. The van der Waals surface area contributed by atoms with E-state index >= 15 is 0 Å². The third kappa shape index (κ3) is 7.48. The van der Waals surface area contributed by atoms with Gasteiger partial charge >= 0.3 is 6.18 Å². The minimum Gasteiger partial charge on any atom is -0.379 e. The summed E-state index contributed by atoms with van der Waals surface area (Å²) in [6, 6.07) is 8.06. The quantitative estimate of drug-likeness (QED) is 0.688. The summed E-state index contributed by atoms with van der Waals surface area (Å²) in [5.74, 6) is 0. The average Bonchev–Trinajstić information content (AvgIpc) is 2.45. The first-order chi connectivity index (χ1) is 9.96. The molecule has 0 spiro atoms. The molecule has 0 radical (unpaired) electrons. The molecule has 1 aromatic rings. The molecular weight excluding hydrogens is 279 g/mol. The Balaban J connectivity index is 2.53. The van der Waals surface area contributed by atoms with Gasteiger partial charge in [-0.15, -0.1) is 0 Å². The molecule has 1 rings (SSSR count). The molecule has 0 amide bonds. The zero-order valence-electron chi connectivity index (χ0n) is 12.7. The van der Waals surface area contributed by atoms with Gasteiger partial charge in [0.05, 0.1) is 25.7 Å². The highest BCUT2D eigenvalue weighted by atomic mass is 19.4. The second-order valence-corrected chi connectivity index (χ2v) is 5.04. The van der Waals surface area contributed by atoms with Gasteiger partial charge in [-0.2, -0.15) is 13.2 Å². The molecule has 0 saturated heterocycles. The fraction of sp³-hybridized carbons (Fsp3) is 0.625. The highest BCUT2D eigenvalue weighted by Gasteiger charge is 2.26. The number of rotatable bonds is 9. The highest BCUT2D eigenvalue weighted by molar-refractivity contribution is 5.25. The van der Waals surface area contributed by atoms with E-state index in [0.717, 1.165) is 24.9 Å². The topological polar surface area (TPSA) is 21.3 Å². The van der Waals surface area contributed by atoms with Gasteiger partial charge in [0.15, 0.2) is 0 Å². The zero-order valence-corrected chi connectivity index (χ0v) is 12.7. The van der Waals surface area contributed by atoms with Crippen LogP contribution in [0.15, 0.2) is 24.3 Å². The Hall–Kier alpha value is -1.07. The van der Waals surface area contributed by atoms with E-state index < -0.39 is 12.6 Å². The van der Waals surface area contributed by atoms with Crippen molar-refractivity contribution in [1.29, 1.82) is 0 Å². The van der Waals surface area contributed by atoms with E-state index in [9.17, 15) is 13.2 Å². The molecule has 0 bridgehead atoms. The lowest BCUT2D eigenvalue weighted by molar-refractivity contribution is -0.145.